The van der Waals surface area contributed by atoms with Crippen LogP contribution in [0.1, 0.15) is 31.9 Å². The van der Waals surface area contributed by atoms with Crippen molar-refractivity contribution in [1.29, 1.82) is 0 Å². The highest BCUT2D eigenvalue weighted by Gasteiger charge is 2.28. The lowest BCUT2D eigenvalue weighted by Crippen LogP contribution is -2.49. The number of rotatable bonds is 3. The van der Waals surface area contributed by atoms with Gasteiger partial charge in [-0.25, -0.2) is 0 Å². The second kappa shape index (κ2) is 7.45. The molecular weight excluding hydrogens is 288 g/mol. The van der Waals surface area contributed by atoms with Gasteiger partial charge in [0.1, 0.15) is 0 Å². The maximum absolute atomic E-state index is 12.6. The summed E-state index contributed by atoms with van der Waals surface area (Å²) in [7, 11) is 0. The van der Waals surface area contributed by atoms with Gasteiger partial charge in [0, 0.05) is 26.2 Å². The SMILES string of the molecule is CC1CC(C)CN(C(=O)CN2CCOC(c3ccccc3)C2)C1. The Morgan fingerprint density at radius 2 is 1.83 bits per heavy atom. The molecule has 2 saturated heterocycles. The first-order valence-electron chi connectivity index (χ1n) is 8.78. The Kier molecular flexibility index (Phi) is 5.34. The molecule has 2 fully saturated rings. The Morgan fingerprint density at radius 1 is 1.13 bits per heavy atom. The van der Waals surface area contributed by atoms with Crippen molar-refractivity contribution in [2.75, 3.05) is 39.3 Å². The predicted molar refractivity (Wildman–Crippen MR) is 91.1 cm³/mol. The quantitative estimate of drug-likeness (QED) is 0.859. The molecule has 23 heavy (non-hydrogen) atoms. The van der Waals surface area contributed by atoms with Crippen LogP contribution < -0.4 is 0 Å². The molecule has 0 N–H and O–H groups in total. The van der Waals surface area contributed by atoms with Crippen LogP contribution in [0.4, 0.5) is 0 Å². The summed E-state index contributed by atoms with van der Waals surface area (Å²) in [5, 5.41) is 0. The molecule has 0 aromatic heterocycles. The van der Waals surface area contributed by atoms with Gasteiger partial charge in [-0.15, -0.1) is 0 Å². The molecule has 1 amide bonds. The van der Waals surface area contributed by atoms with Gasteiger partial charge < -0.3 is 9.64 Å². The molecule has 1 aromatic rings. The number of likely N-dealkylation sites (tertiary alicyclic amines) is 1. The minimum absolute atomic E-state index is 0.0805. The van der Waals surface area contributed by atoms with Crippen LogP contribution in [0, 0.1) is 11.8 Å². The van der Waals surface area contributed by atoms with E-state index in [-0.39, 0.29) is 12.0 Å². The Morgan fingerprint density at radius 3 is 2.52 bits per heavy atom. The third-order valence-corrected chi connectivity index (χ3v) is 4.90. The lowest BCUT2D eigenvalue weighted by molar-refractivity contribution is -0.137. The van der Waals surface area contributed by atoms with Crippen molar-refractivity contribution >= 4 is 5.91 Å². The molecule has 3 rings (SSSR count). The van der Waals surface area contributed by atoms with Gasteiger partial charge in [-0.3, -0.25) is 9.69 Å². The van der Waals surface area contributed by atoms with E-state index >= 15 is 0 Å². The fourth-order valence-electron chi connectivity index (χ4n) is 3.87. The van der Waals surface area contributed by atoms with Gasteiger partial charge in [0.25, 0.3) is 0 Å². The minimum atomic E-state index is 0.0805. The Bertz CT molecular complexity index is 509. The number of ether oxygens (including phenoxy) is 1. The molecule has 4 heteroatoms. The third-order valence-electron chi connectivity index (χ3n) is 4.90. The first-order chi connectivity index (χ1) is 11.1. The van der Waals surface area contributed by atoms with Crippen molar-refractivity contribution in [2.24, 2.45) is 11.8 Å². The Labute approximate surface area is 139 Å². The molecule has 0 saturated carbocycles. The molecule has 3 atom stereocenters. The molecule has 0 spiro atoms. The maximum atomic E-state index is 12.6. The minimum Gasteiger partial charge on any atom is -0.371 e. The van der Waals surface area contributed by atoms with Gasteiger partial charge in [-0.05, 0) is 23.8 Å². The number of hydrogen-bond acceptors (Lipinski definition) is 3. The van der Waals surface area contributed by atoms with Crippen LogP contribution in [0.2, 0.25) is 0 Å². The van der Waals surface area contributed by atoms with Gasteiger partial charge in [-0.2, -0.15) is 0 Å². The summed E-state index contributed by atoms with van der Waals surface area (Å²) in [6, 6.07) is 10.3. The monoisotopic (exact) mass is 316 g/mol. The molecule has 1 aromatic carbocycles. The van der Waals surface area contributed by atoms with Crippen molar-refractivity contribution in [2.45, 2.75) is 26.4 Å². The highest BCUT2D eigenvalue weighted by molar-refractivity contribution is 5.78. The third kappa shape index (κ3) is 4.33. The fraction of sp³-hybridized carbons (Fsp3) is 0.632. The lowest BCUT2D eigenvalue weighted by atomic mass is 9.92. The summed E-state index contributed by atoms with van der Waals surface area (Å²) in [6.45, 7) is 9.17. The van der Waals surface area contributed by atoms with Crippen LogP contribution in [0.3, 0.4) is 0 Å². The van der Waals surface area contributed by atoms with Crippen LogP contribution in [-0.4, -0.2) is 55.0 Å². The summed E-state index contributed by atoms with van der Waals surface area (Å²) in [4.78, 5) is 16.9. The number of amides is 1. The van der Waals surface area contributed by atoms with Gasteiger partial charge in [-0.1, -0.05) is 44.2 Å². The molecule has 0 bridgehead atoms. The first-order valence-corrected chi connectivity index (χ1v) is 8.78. The molecule has 0 aliphatic carbocycles. The molecule has 126 valence electrons. The maximum Gasteiger partial charge on any atom is 0.236 e. The zero-order valence-corrected chi connectivity index (χ0v) is 14.3. The number of benzene rings is 1. The average molecular weight is 316 g/mol. The van der Waals surface area contributed by atoms with Crippen molar-refractivity contribution in [3.63, 3.8) is 0 Å². The van der Waals surface area contributed by atoms with E-state index in [1.54, 1.807) is 0 Å². The summed E-state index contributed by atoms with van der Waals surface area (Å²) in [5.41, 5.74) is 1.20. The first kappa shape index (κ1) is 16.5. The van der Waals surface area contributed by atoms with Crippen molar-refractivity contribution < 1.29 is 9.53 Å². The van der Waals surface area contributed by atoms with Crippen LogP contribution in [0.15, 0.2) is 30.3 Å². The van der Waals surface area contributed by atoms with Crippen molar-refractivity contribution in [3.05, 3.63) is 35.9 Å². The van der Waals surface area contributed by atoms with E-state index in [1.807, 2.05) is 18.2 Å². The predicted octanol–water partition coefficient (Wildman–Crippen LogP) is 2.56. The summed E-state index contributed by atoms with van der Waals surface area (Å²) in [5.74, 6) is 1.51. The van der Waals surface area contributed by atoms with Crippen LogP contribution in [0.25, 0.3) is 0 Å². The van der Waals surface area contributed by atoms with Gasteiger partial charge in [0.15, 0.2) is 0 Å². The smallest absolute Gasteiger partial charge is 0.236 e. The van der Waals surface area contributed by atoms with Gasteiger partial charge >= 0.3 is 0 Å². The van der Waals surface area contributed by atoms with Crippen LogP contribution in [0.5, 0.6) is 0 Å². The number of carbonyl (C=O) groups excluding carboxylic acids is 1. The molecular formula is C19H28N2O2. The van der Waals surface area contributed by atoms with E-state index in [0.29, 0.717) is 25.0 Å². The molecule has 2 heterocycles. The van der Waals surface area contributed by atoms with Crippen LogP contribution >= 0.6 is 0 Å². The molecule has 2 aliphatic rings. The summed E-state index contributed by atoms with van der Waals surface area (Å²) >= 11 is 0. The second-order valence-corrected chi connectivity index (χ2v) is 7.25. The molecule has 3 unspecified atom stereocenters. The zero-order valence-electron chi connectivity index (χ0n) is 14.3. The lowest BCUT2D eigenvalue weighted by Gasteiger charge is -2.38. The van der Waals surface area contributed by atoms with E-state index in [4.69, 9.17) is 4.74 Å². The standard InChI is InChI=1S/C19H28N2O2/c1-15-10-16(2)12-21(11-15)19(22)14-20-8-9-23-18(13-20)17-6-4-3-5-7-17/h3-7,15-16,18H,8-14H2,1-2H3. The highest BCUT2D eigenvalue weighted by Crippen LogP contribution is 2.23. The van der Waals surface area contributed by atoms with Crippen molar-refractivity contribution in [3.8, 4) is 0 Å². The molecule has 0 radical (unpaired) electrons. The summed E-state index contributed by atoms with van der Waals surface area (Å²) < 4.78 is 5.89. The zero-order chi connectivity index (χ0) is 16.2. The molecule has 2 aliphatic heterocycles. The number of piperidine rings is 1. The number of nitrogens with zero attached hydrogens (tertiary/aromatic N) is 2. The largest absolute Gasteiger partial charge is 0.371 e. The highest BCUT2D eigenvalue weighted by atomic mass is 16.5. The van der Waals surface area contributed by atoms with Gasteiger partial charge in [0.05, 0.1) is 19.3 Å². The van der Waals surface area contributed by atoms with E-state index in [9.17, 15) is 4.79 Å². The number of hydrogen-bond donors (Lipinski definition) is 0. The van der Waals surface area contributed by atoms with Crippen LogP contribution in [-0.2, 0) is 9.53 Å². The second-order valence-electron chi connectivity index (χ2n) is 7.25. The number of carbonyl (C=O) groups is 1. The molecule has 4 nitrogen and oxygen atoms in total. The Hall–Kier alpha value is -1.39. The van der Waals surface area contributed by atoms with E-state index in [1.165, 1.54) is 12.0 Å². The van der Waals surface area contributed by atoms with Gasteiger partial charge in [0.2, 0.25) is 5.91 Å². The number of morpholine rings is 1. The fourth-order valence-corrected chi connectivity index (χ4v) is 3.87. The topological polar surface area (TPSA) is 32.8 Å². The van der Waals surface area contributed by atoms with E-state index < -0.39 is 0 Å². The summed E-state index contributed by atoms with van der Waals surface area (Å²) in [6.07, 6.45) is 1.31. The normalized spacial score (nSPS) is 29.5. The van der Waals surface area contributed by atoms with E-state index in [2.05, 4.69) is 35.8 Å². The Balaban J connectivity index is 1.56. The average Bonchev–Trinajstić information content (AvgIpc) is 2.55. The van der Waals surface area contributed by atoms with E-state index in [0.717, 1.165) is 26.2 Å². The van der Waals surface area contributed by atoms with Crippen molar-refractivity contribution in [1.82, 2.24) is 9.80 Å².